The quantitative estimate of drug-likeness (QED) is 0.0212. The largest absolute Gasteiger partial charge is 0.378 e. The predicted octanol–water partition coefficient (Wildman–Crippen LogP) is 11.5. The van der Waals surface area contributed by atoms with Crippen LogP contribution in [-0.4, -0.2) is 310 Å². The second-order valence-corrected chi connectivity index (χ2v) is 36.6. The number of carbonyl (C=O) groups is 6. The van der Waals surface area contributed by atoms with E-state index in [2.05, 4.69) is 113 Å². The summed E-state index contributed by atoms with van der Waals surface area (Å²) in [7, 11) is 11.9. The number of ketones is 5. The Morgan fingerprint density at radius 3 is 1.08 bits per heavy atom. The number of hydrogen-bond donors (Lipinski definition) is 4. The summed E-state index contributed by atoms with van der Waals surface area (Å²) in [5.41, 5.74) is 15.8. The molecule has 0 bridgehead atoms. The minimum atomic E-state index is -0.0536. The third-order valence-corrected chi connectivity index (χ3v) is 25.2. The number of rotatable bonds is 35. The Morgan fingerprint density at radius 2 is 0.711 bits per heavy atom. The zero-order chi connectivity index (χ0) is 93.5. The van der Waals surface area contributed by atoms with Crippen LogP contribution < -0.4 is 20.0 Å². The summed E-state index contributed by atoms with van der Waals surface area (Å²) >= 11 is 0. The number of allylic oxidation sites excluding steroid dienone is 2. The minimum Gasteiger partial charge on any atom is -0.378 e. The molecule has 0 aliphatic carbocycles. The van der Waals surface area contributed by atoms with Crippen LogP contribution in [0.25, 0.3) is 66.9 Å². The van der Waals surface area contributed by atoms with Gasteiger partial charge in [-0.1, -0.05) is 91.0 Å². The number of fused-ring (bicyclic) bond motifs is 3. The normalized spacial score (nSPS) is 16.7. The van der Waals surface area contributed by atoms with Gasteiger partial charge in [0.15, 0.2) is 28.9 Å². The van der Waals surface area contributed by atoms with E-state index < -0.39 is 0 Å². The Balaban J connectivity index is 0.000000147. The van der Waals surface area contributed by atoms with E-state index in [-0.39, 0.29) is 53.7 Å². The number of amides is 1. The van der Waals surface area contributed by atoms with Gasteiger partial charge in [-0.25, -0.2) is 29.9 Å². The second-order valence-electron chi connectivity index (χ2n) is 36.6. The predicted molar refractivity (Wildman–Crippen MR) is 525 cm³/mol. The highest BCUT2D eigenvalue weighted by Gasteiger charge is 2.31. The fourth-order valence-corrected chi connectivity index (χ4v) is 18.0. The Labute approximate surface area is 787 Å². The maximum absolute atomic E-state index is 13.2. The lowest BCUT2D eigenvalue weighted by atomic mass is 9.91. The first-order valence-electron chi connectivity index (χ1n) is 46.9. The molecule has 135 heavy (non-hydrogen) atoms. The molecule has 0 radical (unpaired) electrons. The van der Waals surface area contributed by atoms with Gasteiger partial charge in [-0.2, -0.15) is 0 Å². The zero-order valence-electron chi connectivity index (χ0n) is 78.1. The monoisotopic (exact) mass is 1820 g/mol. The van der Waals surface area contributed by atoms with Crippen molar-refractivity contribution in [1.82, 2.24) is 94.5 Å². The van der Waals surface area contributed by atoms with Crippen LogP contribution in [-0.2, 0) is 67.5 Å². The third kappa shape index (κ3) is 26.6. The summed E-state index contributed by atoms with van der Waals surface area (Å²) in [6.45, 7) is 18.9. The van der Waals surface area contributed by atoms with E-state index in [1.807, 2.05) is 184 Å². The molecule has 31 heteroatoms. The van der Waals surface area contributed by atoms with Gasteiger partial charge in [-0.05, 0) is 203 Å². The first-order valence-corrected chi connectivity index (χ1v) is 46.9. The van der Waals surface area contributed by atoms with Crippen molar-refractivity contribution in [3.8, 4) is 33.8 Å². The fourth-order valence-electron chi connectivity index (χ4n) is 18.0. The molecule has 6 aliphatic heterocycles. The number of likely N-dealkylation sites (N-methyl/N-ethyl adjacent to an activating group) is 3. The number of Topliss-reactive ketones (excluding diaryl/α,β-unsaturated/α-hetero) is 3. The van der Waals surface area contributed by atoms with E-state index >= 15 is 0 Å². The van der Waals surface area contributed by atoms with Crippen LogP contribution in [0.2, 0.25) is 0 Å². The second kappa shape index (κ2) is 46.3. The summed E-state index contributed by atoms with van der Waals surface area (Å²) in [4.78, 5) is 146. The van der Waals surface area contributed by atoms with Crippen molar-refractivity contribution in [3.63, 3.8) is 0 Å². The van der Waals surface area contributed by atoms with Gasteiger partial charge in [-0.15, -0.1) is 0 Å². The molecule has 4 N–H and O–H groups in total. The van der Waals surface area contributed by atoms with Crippen LogP contribution in [0, 0.1) is 11.8 Å². The van der Waals surface area contributed by atoms with Crippen molar-refractivity contribution in [1.29, 1.82) is 0 Å². The average molecular weight is 1820 g/mol. The van der Waals surface area contributed by atoms with E-state index in [0.29, 0.717) is 94.4 Å². The van der Waals surface area contributed by atoms with E-state index in [9.17, 15) is 28.8 Å². The number of carbonyl (C=O) groups excluding carboxylic acids is 6. The molecule has 3 aromatic carbocycles. The van der Waals surface area contributed by atoms with E-state index in [4.69, 9.17) is 14.2 Å². The average Bonchev–Trinajstić information content (AvgIpc) is 1.64. The number of aromatic amines is 3. The number of aromatic nitrogens is 12. The van der Waals surface area contributed by atoms with Crippen LogP contribution in [0.3, 0.4) is 0 Å². The van der Waals surface area contributed by atoms with Crippen molar-refractivity contribution in [2.24, 2.45) is 11.8 Å². The number of anilines is 3. The molecular formula is C104H122N22O9. The lowest BCUT2D eigenvalue weighted by Gasteiger charge is -2.39. The Bertz CT molecular complexity index is 6140. The topological polar surface area (TPSA) is 335 Å². The van der Waals surface area contributed by atoms with Gasteiger partial charge in [0.2, 0.25) is 5.91 Å². The fraction of sp³-hybridized carbons (Fsp3) is 0.394. The lowest BCUT2D eigenvalue weighted by Crippen LogP contribution is -2.46. The van der Waals surface area contributed by atoms with Gasteiger partial charge in [0.25, 0.3) is 0 Å². The van der Waals surface area contributed by atoms with Crippen molar-refractivity contribution >= 4 is 85.4 Å². The molecule has 0 saturated carbocycles. The highest BCUT2D eigenvalue weighted by atomic mass is 16.5. The Kier molecular flexibility index (Phi) is 32.7. The number of likely N-dealkylation sites (tertiary alicyclic amines) is 3. The number of nitrogens with one attached hydrogen (secondary N) is 4. The summed E-state index contributed by atoms with van der Waals surface area (Å²) < 4.78 is 16.5. The highest BCUT2D eigenvalue weighted by molar-refractivity contribution is 5.99. The number of hydrogen-bond acceptors (Lipinski definition) is 27. The molecule has 1 atom stereocenters. The van der Waals surface area contributed by atoms with E-state index in [1.54, 1.807) is 55.8 Å². The van der Waals surface area contributed by atoms with Gasteiger partial charge in [0, 0.05) is 185 Å². The van der Waals surface area contributed by atoms with Gasteiger partial charge in [-0.3, -0.25) is 58.4 Å². The Morgan fingerprint density at radius 1 is 0.370 bits per heavy atom. The molecule has 9 aromatic heterocycles. The molecule has 31 nitrogen and oxygen atoms in total. The number of ether oxygens (including phenoxy) is 3. The third-order valence-electron chi connectivity index (χ3n) is 25.2. The lowest BCUT2D eigenvalue weighted by molar-refractivity contribution is -0.117. The smallest absolute Gasteiger partial charge is 0.243 e. The van der Waals surface area contributed by atoms with Crippen molar-refractivity contribution in [2.75, 3.05) is 195 Å². The van der Waals surface area contributed by atoms with Crippen molar-refractivity contribution in [3.05, 3.63) is 252 Å². The number of benzene rings is 3. The summed E-state index contributed by atoms with van der Waals surface area (Å²) in [5.74, 6) is 3.93. The van der Waals surface area contributed by atoms with Crippen LogP contribution in [0.5, 0.6) is 0 Å². The van der Waals surface area contributed by atoms with Crippen LogP contribution in [0.15, 0.2) is 201 Å². The highest BCUT2D eigenvalue weighted by Crippen LogP contribution is 2.35. The van der Waals surface area contributed by atoms with Crippen LogP contribution in [0.4, 0.5) is 17.5 Å². The molecule has 18 rings (SSSR count). The van der Waals surface area contributed by atoms with E-state index in [1.165, 1.54) is 0 Å². The standard InChI is InChI=1S/C36H43N7O3.C34H40N8O3.C34H39N7O3/c1-41(2)13-3-4-30(44)20-27-10-14-42(15-11-27)24-28-9-12-37-33(21-28)34(45)22-26-5-7-29(8-6-26)32-23-31-35(40-32)38-25-39-36(31)43-16-18-46-19-17-43;1-40(2)12-3-4-32(44)38-27-10-13-41(22-27)21-25-9-11-35-30(18-25)31(43)19-24-5-7-26(8-6-24)29-20-28-33(39-29)36-23-37-34(28)42-14-16-45-17-15-42;1-39(2)11-3-4-28(42)16-26-21-40(22-26)20-25-9-10-35-31(17-25)32(43)18-24-5-7-27(8-6-24)30-19-29-33(38-30)36-23-37-34(29)41-12-14-44-15-13-41/h3-9,12,21,23,25,27H,10-11,13-20,22,24H2,1-2H3,(H,38,39,40);3-9,11,18,20,23,27H,10,12-17,19,21-22H2,1-2H3,(H,38,44)(H,36,37,39);3-10,17,19,23,26H,11-16,18,20-22H2,1-2H3,(H,36,37,38)/b3*4-3+. The van der Waals surface area contributed by atoms with E-state index in [0.717, 1.165) is 248 Å². The number of morpholine rings is 3. The van der Waals surface area contributed by atoms with Gasteiger partial charge < -0.3 is 63.9 Å². The van der Waals surface area contributed by atoms with Crippen LogP contribution in [0.1, 0.15) is 97.0 Å². The molecule has 12 aromatic rings. The van der Waals surface area contributed by atoms with Crippen molar-refractivity contribution in [2.45, 2.75) is 77.0 Å². The SMILES string of the molecule is CN(C)C/C=C/C(=O)CC1CCN(Cc2ccnc(C(=O)Cc3ccc(-c4cc5c(N6CCOCC6)ncnc5[nH]4)cc3)c2)CC1.CN(C)C/C=C/C(=O)CC1CN(Cc2ccnc(C(=O)Cc3ccc(-c4cc5c(N6CCOCC6)ncnc5[nH]4)cc3)c2)C1.CN(C)C/C=C/C(=O)NC1CCN(Cc2ccnc(C(=O)Cc3ccc(-c4cc5c(N6CCOCC6)ncnc5[nH]4)cc3)c2)C1. The molecule has 0 spiro atoms. The summed E-state index contributed by atoms with van der Waals surface area (Å²) in [5, 5.41) is 6.07. The molecule has 1 amide bonds. The maximum atomic E-state index is 13.2. The molecule has 6 aliphatic rings. The molecule has 6 saturated heterocycles. The first kappa shape index (κ1) is 95.2. The minimum absolute atomic E-state index is 0.00480. The Hall–Kier alpha value is -13.0. The molecule has 1 unspecified atom stereocenters. The maximum Gasteiger partial charge on any atom is 0.243 e. The van der Waals surface area contributed by atoms with Crippen molar-refractivity contribution < 1.29 is 43.0 Å². The summed E-state index contributed by atoms with van der Waals surface area (Å²) in [6.07, 6.45) is 25.7. The van der Waals surface area contributed by atoms with Gasteiger partial charge in [0.1, 0.15) is 70.5 Å². The first-order chi connectivity index (χ1) is 65.7. The van der Waals surface area contributed by atoms with Crippen LogP contribution >= 0.6 is 0 Å². The number of piperidine rings is 1. The summed E-state index contributed by atoms with van der Waals surface area (Å²) in [6, 6.07) is 42.2. The zero-order valence-corrected chi connectivity index (χ0v) is 78.1. The van der Waals surface area contributed by atoms with Gasteiger partial charge >= 0.3 is 0 Å². The molecular weight excluding hydrogens is 1700 g/mol. The number of nitrogens with zero attached hydrogens (tertiary/aromatic N) is 18. The number of H-pyrrole nitrogens is 3. The van der Waals surface area contributed by atoms with Gasteiger partial charge in [0.05, 0.1) is 55.8 Å². The molecule has 6 fully saturated rings. The number of pyridine rings is 3. The molecule has 702 valence electrons. The molecule has 15 heterocycles.